The summed E-state index contributed by atoms with van der Waals surface area (Å²) in [6, 6.07) is 13.4. The van der Waals surface area contributed by atoms with E-state index in [1.165, 1.54) is 12.1 Å². The van der Waals surface area contributed by atoms with Crippen molar-refractivity contribution in [1.82, 2.24) is 0 Å². The molecule has 0 amide bonds. The summed E-state index contributed by atoms with van der Waals surface area (Å²) in [7, 11) is 0. The van der Waals surface area contributed by atoms with Gasteiger partial charge in [-0.3, -0.25) is 0 Å². The minimum atomic E-state index is -0.969. The van der Waals surface area contributed by atoms with Gasteiger partial charge in [0.25, 0.3) is 0 Å². The zero-order chi connectivity index (χ0) is 17.4. The average Bonchev–Trinajstić information content (AvgIpc) is 2.61. The lowest BCUT2D eigenvalue weighted by Crippen LogP contribution is -2.13. The van der Waals surface area contributed by atoms with Gasteiger partial charge >= 0.3 is 12.1 Å². The molecule has 2 aromatic carbocycles. The molecule has 0 heterocycles. The molecule has 0 aliphatic carbocycles. The topological polar surface area (TPSA) is 61.8 Å². The Balaban J connectivity index is 2.10. The van der Waals surface area contributed by atoms with Crippen LogP contribution in [0.1, 0.15) is 22.8 Å². The zero-order valence-corrected chi connectivity index (χ0v) is 13.2. The molecule has 5 heteroatoms. The Bertz CT molecular complexity index is 756. The fourth-order valence-electron chi connectivity index (χ4n) is 1.87. The Morgan fingerprint density at radius 1 is 1.00 bits per heavy atom. The number of carbonyl (C=O) groups excluding carboxylic acids is 2. The maximum absolute atomic E-state index is 12.2. The first-order valence-electron chi connectivity index (χ1n) is 7.32. The number of rotatable bonds is 5. The van der Waals surface area contributed by atoms with Gasteiger partial charge in [0, 0.05) is 0 Å². The third kappa shape index (κ3) is 4.62. The molecule has 0 unspecified atom stereocenters. The summed E-state index contributed by atoms with van der Waals surface area (Å²) >= 11 is 0. The third-order valence-electron chi connectivity index (χ3n) is 3.12. The maximum Gasteiger partial charge on any atom is 0.514 e. The van der Waals surface area contributed by atoms with Gasteiger partial charge in [-0.15, -0.1) is 6.42 Å². The van der Waals surface area contributed by atoms with Gasteiger partial charge in [0.05, 0.1) is 5.56 Å². The van der Waals surface area contributed by atoms with Gasteiger partial charge in [0.15, 0.2) is 18.1 Å². The van der Waals surface area contributed by atoms with E-state index < -0.39 is 12.1 Å². The molecule has 122 valence electrons. The summed E-state index contributed by atoms with van der Waals surface area (Å²) in [5.74, 6) is 1.78. The number of terminal acetylenes is 1. The Kier molecular flexibility index (Phi) is 5.98. The number of benzene rings is 2. The van der Waals surface area contributed by atoms with E-state index in [1.54, 1.807) is 24.3 Å². The Labute approximate surface area is 140 Å². The SMILES string of the molecule is C#CCOC(=O)Oc1ccccc1OC(=O)c1ccc(CC)cc1. The van der Waals surface area contributed by atoms with E-state index in [1.807, 2.05) is 19.1 Å². The van der Waals surface area contributed by atoms with Crippen LogP contribution >= 0.6 is 0 Å². The summed E-state index contributed by atoms with van der Waals surface area (Å²) in [5.41, 5.74) is 1.52. The summed E-state index contributed by atoms with van der Waals surface area (Å²) < 4.78 is 14.9. The number of para-hydroxylation sites is 2. The van der Waals surface area contributed by atoms with Crippen molar-refractivity contribution in [2.75, 3.05) is 6.61 Å². The van der Waals surface area contributed by atoms with Crippen LogP contribution in [0, 0.1) is 12.3 Å². The normalized spacial score (nSPS) is 9.67. The molecule has 0 aliphatic rings. The van der Waals surface area contributed by atoms with E-state index in [-0.39, 0.29) is 18.1 Å². The van der Waals surface area contributed by atoms with Gasteiger partial charge < -0.3 is 14.2 Å². The first kappa shape index (κ1) is 17.1. The zero-order valence-electron chi connectivity index (χ0n) is 13.2. The molecule has 0 saturated heterocycles. The highest BCUT2D eigenvalue weighted by Crippen LogP contribution is 2.27. The van der Waals surface area contributed by atoms with Crippen LogP contribution in [0.3, 0.4) is 0 Å². The van der Waals surface area contributed by atoms with E-state index in [0.29, 0.717) is 5.56 Å². The second kappa shape index (κ2) is 8.39. The van der Waals surface area contributed by atoms with Gasteiger partial charge in [-0.05, 0) is 36.2 Å². The molecular weight excluding hydrogens is 308 g/mol. The van der Waals surface area contributed by atoms with Crippen LogP contribution in [-0.4, -0.2) is 18.7 Å². The lowest BCUT2D eigenvalue weighted by atomic mass is 10.1. The highest BCUT2D eigenvalue weighted by molar-refractivity contribution is 5.91. The van der Waals surface area contributed by atoms with E-state index in [9.17, 15) is 9.59 Å². The minimum Gasteiger partial charge on any atom is -0.421 e. The van der Waals surface area contributed by atoms with Crippen LogP contribution in [0.25, 0.3) is 0 Å². The number of hydrogen-bond acceptors (Lipinski definition) is 5. The predicted octanol–water partition coefficient (Wildman–Crippen LogP) is 3.62. The van der Waals surface area contributed by atoms with E-state index in [2.05, 4.69) is 10.7 Å². The quantitative estimate of drug-likeness (QED) is 0.364. The van der Waals surface area contributed by atoms with Crippen LogP contribution in [0.4, 0.5) is 4.79 Å². The molecule has 24 heavy (non-hydrogen) atoms. The molecule has 0 atom stereocenters. The minimum absolute atomic E-state index is 0.0676. The van der Waals surface area contributed by atoms with Crippen molar-refractivity contribution < 1.29 is 23.8 Å². The fraction of sp³-hybridized carbons (Fsp3) is 0.158. The van der Waals surface area contributed by atoms with Gasteiger partial charge in [0.1, 0.15) is 0 Å². The predicted molar refractivity (Wildman–Crippen MR) is 88.0 cm³/mol. The van der Waals surface area contributed by atoms with Crippen molar-refractivity contribution in [2.45, 2.75) is 13.3 Å². The van der Waals surface area contributed by atoms with Gasteiger partial charge in [-0.1, -0.05) is 37.1 Å². The van der Waals surface area contributed by atoms with Crippen LogP contribution < -0.4 is 9.47 Å². The molecule has 5 nitrogen and oxygen atoms in total. The first-order chi connectivity index (χ1) is 11.6. The van der Waals surface area contributed by atoms with Crippen LogP contribution in [0.2, 0.25) is 0 Å². The lowest BCUT2D eigenvalue weighted by molar-refractivity contribution is 0.0720. The smallest absolute Gasteiger partial charge is 0.421 e. The highest BCUT2D eigenvalue weighted by Gasteiger charge is 2.15. The third-order valence-corrected chi connectivity index (χ3v) is 3.12. The number of carbonyl (C=O) groups is 2. The van der Waals surface area contributed by atoms with E-state index in [4.69, 9.17) is 15.9 Å². The summed E-state index contributed by atoms with van der Waals surface area (Å²) in [4.78, 5) is 23.7. The number of aryl methyl sites for hydroxylation is 1. The number of esters is 1. The van der Waals surface area contributed by atoms with Crippen LogP contribution in [-0.2, 0) is 11.2 Å². The molecule has 0 fully saturated rings. The maximum atomic E-state index is 12.2. The Hall–Kier alpha value is -3.26. The average molecular weight is 324 g/mol. The second-order valence-electron chi connectivity index (χ2n) is 4.73. The van der Waals surface area contributed by atoms with Crippen molar-refractivity contribution in [2.24, 2.45) is 0 Å². The van der Waals surface area contributed by atoms with Gasteiger partial charge in [0.2, 0.25) is 0 Å². The molecule has 0 aromatic heterocycles. The molecule has 0 spiro atoms. The van der Waals surface area contributed by atoms with Crippen molar-refractivity contribution >= 4 is 12.1 Å². The Morgan fingerprint density at radius 3 is 2.21 bits per heavy atom. The highest BCUT2D eigenvalue weighted by atomic mass is 16.7. The van der Waals surface area contributed by atoms with E-state index in [0.717, 1.165) is 12.0 Å². The molecule has 2 aromatic rings. The van der Waals surface area contributed by atoms with E-state index >= 15 is 0 Å². The van der Waals surface area contributed by atoms with Crippen LogP contribution in [0.5, 0.6) is 11.5 Å². The van der Waals surface area contributed by atoms with Crippen LogP contribution in [0.15, 0.2) is 48.5 Å². The molecule has 0 N–H and O–H groups in total. The van der Waals surface area contributed by atoms with Gasteiger partial charge in [-0.2, -0.15) is 0 Å². The fourth-order valence-corrected chi connectivity index (χ4v) is 1.87. The molecule has 2 rings (SSSR count). The molecule has 0 saturated carbocycles. The largest absolute Gasteiger partial charge is 0.514 e. The second-order valence-corrected chi connectivity index (χ2v) is 4.73. The van der Waals surface area contributed by atoms with Gasteiger partial charge in [-0.25, -0.2) is 9.59 Å². The van der Waals surface area contributed by atoms with Crippen molar-refractivity contribution in [3.63, 3.8) is 0 Å². The summed E-state index contributed by atoms with van der Waals surface area (Å²) in [5, 5.41) is 0. The monoisotopic (exact) mass is 324 g/mol. The molecular formula is C19H16O5. The first-order valence-corrected chi connectivity index (χ1v) is 7.32. The molecule has 0 aliphatic heterocycles. The number of hydrogen-bond donors (Lipinski definition) is 0. The molecule has 0 radical (unpaired) electrons. The summed E-state index contributed by atoms with van der Waals surface area (Å²) in [6.45, 7) is 1.82. The van der Waals surface area contributed by atoms with Crippen molar-refractivity contribution in [3.8, 4) is 23.8 Å². The van der Waals surface area contributed by atoms with Crippen molar-refractivity contribution in [3.05, 3.63) is 59.7 Å². The molecule has 0 bridgehead atoms. The summed E-state index contributed by atoms with van der Waals surface area (Å²) in [6.07, 6.45) is 4.91. The lowest BCUT2D eigenvalue weighted by Gasteiger charge is -2.10. The Morgan fingerprint density at radius 2 is 1.62 bits per heavy atom. The number of ether oxygens (including phenoxy) is 3. The van der Waals surface area contributed by atoms with Crippen molar-refractivity contribution in [1.29, 1.82) is 0 Å². The standard InChI is InChI=1S/C19H16O5/c1-3-13-22-19(21)24-17-8-6-5-7-16(17)23-18(20)15-11-9-14(4-2)10-12-15/h1,5-12H,4,13H2,2H3.